The van der Waals surface area contributed by atoms with Crippen LogP contribution in [0.25, 0.3) is 4.13 Å². The molecule has 0 aromatic rings. The standard InChI is InChI=1S/C7H15N2O.C2F6NO4S2/c1-9(2,3)6-7(10)4-5-8;3-1(4,5)14(10,11)9-15(12,13)2(6,7)8/h7,10H,4,6H2,1-3H3;/q+1;-1/t7-;/m0./s1. The van der Waals surface area contributed by atoms with Gasteiger partial charge in [-0.2, -0.15) is 31.6 Å². The van der Waals surface area contributed by atoms with Crippen LogP contribution in [0.1, 0.15) is 6.42 Å². The number of aliphatic hydroxyl groups excluding tert-OH is 1. The summed E-state index contributed by atoms with van der Waals surface area (Å²) < 4.78 is 110. The summed E-state index contributed by atoms with van der Waals surface area (Å²) in [6.45, 7) is 0.633. The molecule has 25 heavy (non-hydrogen) atoms. The van der Waals surface area contributed by atoms with E-state index in [0.717, 1.165) is 4.13 Å². The van der Waals surface area contributed by atoms with Crippen LogP contribution in [-0.2, 0) is 20.0 Å². The lowest BCUT2D eigenvalue weighted by molar-refractivity contribution is -0.873. The van der Waals surface area contributed by atoms with Gasteiger partial charge in [0.1, 0.15) is 12.6 Å². The number of halogens is 6. The lowest BCUT2D eigenvalue weighted by Crippen LogP contribution is -2.41. The topological polar surface area (TPSA) is 126 Å². The van der Waals surface area contributed by atoms with Gasteiger partial charge < -0.3 is 13.7 Å². The van der Waals surface area contributed by atoms with E-state index in [1.165, 1.54) is 0 Å². The molecule has 0 bridgehead atoms. The average Bonchev–Trinajstić information content (AvgIpc) is 2.22. The quantitative estimate of drug-likeness (QED) is 0.520. The van der Waals surface area contributed by atoms with Gasteiger partial charge in [0.2, 0.25) is 0 Å². The molecule has 0 fully saturated rings. The van der Waals surface area contributed by atoms with Crippen LogP contribution in [0.15, 0.2) is 0 Å². The van der Waals surface area contributed by atoms with E-state index in [1.54, 1.807) is 0 Å². The third-order valence-corrected chi connectivity index (χ3v) is 4.61. The van der Waals surface area contributed by atoms with E-state index in [9.17, 15) is 43.2 Å². The zero-order chi connectivity index (χ0) is 20.9. The number of rotatable bonds is 5. The molecule has 0 unspecified atom stereocenters. The highest BCUT2D eigenvalue weighted by Crippen LogP contribution is 2.36. The first-order valence-electron chi connectivity index (χ1n) is 5.88. The van der Waals surface area contributed by atoms with Crippen LogP contribution >= 0.6 is 0 Å². The van der Waals surface area contributed by atoms with Crippen molar-refractivity contribution >= 4 is 20.0 Å². The van der Waals surface area contributed by atoms with Crippen molar-refractivity contribution in [3.63, 3.8) is 0 Å². The number of quaternary nitrogens is 1. The normalized spacial score (nSPS) is 14.9. The molecule has 0 saturated carbocycles. The fourth-order valence-electron chi connectivity index (χ4n) is 1.02. The van der Waals surface area contributed by atoms with Crippen LogP contribution < -0.4 is 0 Å². The number of hydrogen-bond acceptors (Lipinski definition) is 6. The van der Waals surface area contributed by atoms with Gasteiger partial charge >= 0.3 is 11.0 Å². The summed E-state index contributed by atoms with van der Waals surface area (Å²) in [5.74, 6) is 0. The van der Waals surface area contributed by atoms with Gasteiger partial charge in [-0.3, -0.25) is 0 Å². The van der Waals surface area contributed by atoms with E-state index < -0.39 is 37.2 Å². The Hall–Kier alpha value is -1.15. The highest BCUT2D eigenvalue weighted by molar-refractivity contribution is 8.13. The second kappa shape index (κ2) is 8.49. The molecule has 0 rings (SSSR count). The Bertz CT molecular complexity index is 630. The maximum atomic E-state index is 11.4. The van der Waals surface area contributed by atoms with Crippen molar-refractivity contribution in [2.45, 2.75) is 23.5 Å². The van der Waals surface area contributed by atoms with Gasteiger partial charge in [0, 0.05) is 0 Å². The molecule has 0 saturated heterocycles. The number of aliphatic hydroxyl groups is 1. The van der Waals surface area contributed by atoms with Gasteiger partial charge in [-0.25, -0.2) is 16.8 Å². The smallest absolute Gasteiger partial charge is 0.421 e. The van der Waals surface area contributed by atoms with Crippen LogP contribution in [0, 0.1) is 11.3 Å². The van der Waals surface area contributed by atoms with E-state index in [1.807, 2.05) is 27.2 Å². The predicted octanol–water partition coefficient (Wildman–Crippen LogP) is 1.03. The Morgan fingerprint density at radius 2 is 1.32 bits per heavy atom. The van der Waals surface area contributed by atoms with E-state index >= 15 is 0 Å². The van der Waals surface area contributed by atoms with Crippen molar-refractivity contribution in [3.8, 4) is 6.07 Å². The minimum atomic E-state index is -6.72. The zero-order valence-corrected chi connectivity index (χ0v) is 14.6. The van der Waals surface area contributed by atoms with Crippen molar-refractivity contribution < 1.29 is 52.8 Å². The molecule has 0 heterocycles. The van der Waals surface area contributed by atoms with E-state index in [2.05, 4.69) is 0 Å². The third kappa shape index (κ3) is 10.4. The minimum Gasteiger partial charge on any atom is -0.421 e. The molecule has 0 spiro atoms. The van der Waals surface area contributed by atoms with Gasteiger partial charge in [0.25, 0.3) is 0 Å². The maximum Gasteiger partial charge on any atom is 0.480 e. The van der Waals surface area contributed by atoms with Crippen molar-refractivity contribution in [2.24, 2.45) is 0 Å². The first-order chi connectivity index (χ1) is 10.7. The van der Waals surface area contributed by atoms with Crippen molar-refractivity contribution in [1.29, 1.82) is 5.26 Å². The summed E-state index contributed by atoms with van der Waals surface area (Å²) in [6, 6.07) is 1.93. The number of nitrogens with zero attached hydrogens (tertiary/aromatic N) is 3. The number of hydrogen-bond donors (Lipinski definition) is 1. The summed E-state index contributed by atoms with van der Waals surface area (Å²) in [4.78, 5) is 0. The summed E-state index contributed by atoms with van der Waals surface area (Å²) in [6.07, 6.45) is -0.250. The zero-order valence-electron chi connectivity index (χ0n) is 13.0. The van der Waals surface area contributed by atoms with Crippen LogP contribution in [0.2, 0.25) is 0 Å². The molecule has 8 nitrogen and oxygen atoms in total. The molecule has 0 radical (unpaired) electrons. The largest absolute Gasteiger partial charge is 0.480 e. The molecule has 0 aromatic heterocycles. The lowest BCUT2D eigenvalue weighted by atomic mass is 10.2. The Balaban J connectivity index is 0. The highest BCUT2D eigenvalue weighted by Gasteiger charge is 2.46. The molecule has 0 aliphatic heterocycles. The van der Waals surface area contributed by atoms with E-state index in [4.69, 9.17) is 10.4 Å². The van der Waals surface area contributed by atoms with Crippen LogP contribution in [0.4, 0.5) is 26.3 Å². The number of likely N-dealkylation sites (N-methyl/N-ethyl adjacent to an activating group) is 1. The Morgan fingerprint density at radius 1 is 1.00 bits per heavy atom. The van der Waals surface area contributed by atoms with Gasteiger partial charge in [-0.15, -0.1) is 0 Å². The molecule has 0 aromatic carbocycles. The second-order valence-corrected chi connectivity index (χ2v) is 8.83. The number of sulfonamides is 2. The van der Waals surface area contributed by atoms with Crippen LogP contribution in [-0.4, -0.2) is 71.2 Å². The van der Waals surface area contributed by atoms with Gasteiger partial charge in [0.05, 0.1) is 33.6 Å². The minimum absolute atomic E-state index is 0.232. The average molecular weight is 423 g/mol. The summed E-state index contributed by atoms with van der Waals surface area (Å²) in [7, 11) is -7.48. The van der Waals surface area contributed by atoms with Gasteiger partial charge in [-0.05, 0) is 0 Å². The molecule has 1 atom stereocenters. The van der Waals surface area contributed by atoms with E-state index in [-0.39, 0.29) is 6.42 Å². The Labute approximate surface area is 140 Å². The maximum absolute atomic E-state index is 11.4. The van der Waals surface area contributed by atoms with Crippen molar-refractivity contribution in [2.75, 3.05) is 27.7 Å². The lowest BCUT2D eigenvalue weighted by Gasteiger charge is -2.25. The molecular formula is C9H15F6N3O5S2. The highest BCUT2D eigenvalue weighted by atomic mass is 32.3. The summed E-state index contributed by atoms with van der Waals surface area (Å²) >= 11 is 0. The van der Waals surface area contributed by atoms with Crippen LogP contribution in [0.5, 0.6) is 0 Å². The molecular weight excluding hydrogens is 408 g/mol. The van der Waals surface area contributed by atoms with E-state index in [0.29, 0.717) is 11.0 Å². The monoisotopic (exact) mass is 423 g/mol. The first kappa shape index (κ1) is 26.1. The van der Waals surface area contributed by atoms with Crippen molar-refractivity contribution in [1.82, 2.24) is 0 Å². The molecule has 16 heteroatoms. The first-order valence-corrected chi connectivity index (χ1v) is 8.76. The number of nitriles is 1. The molecule has 0 aliphatic carbocycles. The van der Waals surface area contributed by atoms with Crippen molar-refractivity contribution in [3.05, 3.63) is 4.13 Å². The fraction of sp³-hybridized carbons (Fsp3) is 0.889. The van der Waals surface area contributed by atoms with Gasteiger partial charge in [-0.1, -0.05) is 0 Å². The van der Waals surface area contributed by atoms with Crippen LogP contribution in [0.3, 0.4) is 0 Å². The van der Waals surface area contributed by atoms with Gasteiger partial charge in [0.15, 0.2) is 20.0 Å². The Morgan fingerprint density at radius 3 is 1.52 bits per heavy atom. The number of alkyl halides is 6. The SMILES string of the molecule is C[N+](C)(C)C[C@@H](O)CC#N.O=S(=O)([N-]S(=O)(=O)C(F)(F)F)C(F)(F)F. The molecule has 0 aliphatic rings. The molecule has 0 amide bonds. The molecule has 150 valence electrons. The summed E-state index contributed by atoms with van der Waals surface area (Å²) in [5.41, 5.74) is -12.4. The summed E-state index contributed by atoms with van der Waals surface area (Å²) in [5, 5.41) is 17.4. The second-order valence-electron chi connectivity index (χ2n) is 5.41. The molecule has 1 N–H and O–H groups in total. The fourth-order valence-corrected chi connectivity index (χ4v) is 2.73. The Kier molecular flexibility index (Phi) is 8.86. The predicted molar refractivity (Wildman–Crippen MR) is 72.4 cm³/mol. The third-order valence-electron chi connectivity index (χ3n) is 1.87.